The van der Waals surface area contributed by atoms with Crippen molar-refractivity contribution in [2.24, 2.45) is 5.73 Å². The number of phosphoric ester groups is 1. The van der Waals surface area contributed by atoms with E-state index >= 15 is 0 Å². The van der Waals surface area contributed by atoms with Crippen molar-refractivity contribution in [1.82, 2.24) is 0 Å². The van der Waals surface area contributed by atoms with Gasteiger partial charge >= 0.3 is 25.7 Å². The van der Waals surface area contributed by atoms with Crippen molar-refractivity contribution >= 4 is 25.7 Å². The number of ether oxygens (including phenoxy) is 2. The molecule has 1 unspecified atom stereocenters. The minimum absolute atomic E-state index is 0.0271. The van der Waals surface area contributed by atoms with E-state index in [1.807, 2.05) is 18.2 Å². The Hall–Kier alpha value is -3.60. The lowest BCUT2D eigenvalue weighted by atomic mass is 10.1. The monoisotopic (exact) mass is 832 g/mol. The van der Waals surface area contributed by atoms with E-state index in [1.54, 1.807) is 0 Å². The second kappa shape index (κ2) is 40.2. The van der Waals surface area contributed by atoms with Gasteiger partial charge in [-0.3, -0.25) is 23.4 Å². The van der Waals surface area contributed by atoms with E-state index in [0.717, 1.165) is 77.0 Å². The van der Waals surface area contributed by atoms with Crippen molar-refractivity contribution in [2.45, 2.75) is 154 Å². The minimum atomic E-state index is -4.75. The first-order chi connectivity index (χ1) is 28.1. The van der Waals surface area contributed by atoms with Crippen LogP contribution in [0.15, 0.2) is 97.2 Å². The molecule has 12 heteroatoms. The zero-order chi connectivity index (χ0) is 42.8. The van der Waals surface area contributed by atoms with Gasteiger partial charge in [0.05, 0.1) is 13.2 Å². The van der Waals surface area contributed by atoms with E-state index in [2.05, 4.69) is 97.4 Å². The van der Waals surface area contributed by atoms with E-state index in [9.17, 15) is 23.8 Å². The van der Waals surface area contributed by atoms with E-state index in [-0.39, 0.29) is 19.4 Å². The number of unbranched alkanes of at least 4 members (excludes halogenated alkanes) is 8. The minimum Gasteiger partial charge on any atom is -0.480 e. The number of hydrogen-bond donors (Lipinski definition) is 3. The molecule has 0 aliphatic rings. The van der Waals surface area contributed by atoms with E-state index in [0.29, 0.717) is 19.3 Å². The first kappa shape index (κ1) is 54.4. The highest BCUT2D eigenvalue weighted by molar-refractivity contribution is 7.47. The van der Waals surface area contributed by atoms with Gasteiger partial charge in [0.2, 0.25) is 0 Å². The summed E-state index contributed by atoms with van der Waals surface area (Å²) < 4.78 is 32.6. The molecule has 0 saturated carbocycles. The number of aliphatic carboxylic acids is 1. The fourth-order valence-corrected chi connectivity index (χ4v) is 5.78. The van der Waals surface area contributed by atoms with Crippen LogP contribution in [-0.4, -0.2) is 59.9 Å². The van der Waals surface area contributed by atoms with Gasteiger partial charge in [-0.05, 0) is 83.5 Å². The summed E-state index contributed by atoms with van der Waals surface area (Å²) >= 11 is 0. The molecule has 58 heavy (non-hydrogen) atoms. The molecule has 0 radical (unpaired) electrons. The third-order valence-electron chi connectivity index (χ3n) is 8.33. The van der Waals surface area contributed by atoms with Crippen LogP contribution in [0, 0.1) is 0 Å². The number of carbonyl (C=O) groups is 3. The average Bonchev–Trinajstić information content (AvgIpc) is 3.20. The maximum absolute atomic E-state index is 12.6. The molecule has 4 N–H and O–H groups in total. The highest BCUT2D eigenvalue weighted by Gasteiger charge is 2.28. The summed E-state index contributed by atoms with van der Waals surface area (Å²) in [6.45, 7) is 2.55. The molecule has 0 aromatic rings. The zero-order valence-corrected chi connectivity index (χ0v) is 36.2. The molecular formula is C46H74NO10P. The molecule has 0 spiro atoms. The Balaban J connectivity index is 4.56. The van der Waals surface area contributed by atoms with Crippen LogP contribution in [0.2, 0.25) is 0 Å². The molecule has 0 fully saturated rings. The molecule has 0 rings (SSSR count). The molecular weight excluding hydrogens is 757 g/mol. The molecule has 0 aliphatic carbocycles. The van der Waals surface area contributed by atoms with Gasteiger partial charge in [-0.1, -0.05) is 143 Å². The van der Waals surface area contributed by atoms with Crippen LogP contribution >= 0.6 is 7.82 Å². The summed E-state index contributed by atoms with van der Waals surface area (Å²) in [6, 6.07) is -1.54. The molecule has 0 aliphatic heterocycles. The highest BCUT2D eigenvalue weighted by Crippen LogP contribution is 2.43. The summed E-state index contributed by atoms with van der Waals surface area (Å²) in [5.74, 6) is -2.52. The van der Waals surface area contributed by atoms with Crippen molar-refractivity contribution in [3.8, 4) is 0 Å². The molecule has 328 valence electrons. The van der Waals surface area contributed by atoms with Crippen LogP contribution in [0.3, 0.4) is 0 Å². The van der Waals surface area contributed by atoms with E-state index in [1.165, 1.54) is 19.3 Å². The van der Waals surface area contributed by atoms with Crippen LogP contribution in [0.5, 0.6) is 0 Å². The average molecular weight is 832 g/mol. The lowest BCUT2D eigenvalue weighted by Crippen LogP contribution is -2.34. The number of nitrogens with two attached hydrogens (primary N) is 1. The van der Waals surface area contributed by atoms with Gasteiger partial charge in [0.1, 0.15) is 12.6 Å². The van der Waals surface area contributed by atoms with Gasteiger partial charge in [0.25, 0.3) is 0 Å². The van der Waals surface area contributed by atoms with Gasteiger partial charge in [-0.2, -0.15) is 0 Å². The third-order valence-corrected chi connectivity index (χ3v) is 9.28. The number of carboxylic acids is 1. The number of esters is 2. The Kier molecular flexibility index (Phi) is 37.7. The van der Waals surface area contributed by atoms with Crippen molar-refractivity contribution in [2.75, 3.05) is 19.8 Å². The molecule has 0 aromatic heterocycles. The Morgan fingerprint density at radius 2 is 1.00 bits per heavy atom. The molecule has 0 bridgehead atoms. The van der Waals surface area contributed by atoms with Crippen LogP contribution in [-0.2, 0) is 37.5 Å². The zero-order valence-electron chi connectivity index (χ0n) is 35.3. The van der Waals surface area contributed by atoms with E-state index < -0.39 is 51.1 Å². The van der Waals surface area contributed by atoms with Crippen molar-refractivity contribution in [1.29, 1.82) is 0 Å². The molecule has 0 saturated heterocycles. The Morgan fingerprint density at radius 3 is 1.52 bits per heavy atom. The van der Waals surface area contributed by atoms with Gasteiger partial charge < -0.3 is 25.2 Å². The van der Waals surface area contributed by atoms with Crippen molar-refractivity contribution in [3.05, 3.63) is 97.2 Å². The Labute approximate surface area is 349 Å². The number of rotatable bonds is 38. The lowest BCUT2D eigenvalue weighted by molar-refractivity contribution is -0.161. The smallest absolute Gasteiger partial charge is 0.472 e. The fraction of sp³-hybridized carbons (Fsp3) is 0.587. The Morgan fingerprint density at radius 1 is 0.552 bits per heavy atom. The number of phosphoric acid groups is 1. The second-order valence-corrected chi connectivity index (χ2v) is 15.2. The predicted octanol–water partition coefficient (Wildman–Crippen LogP) is 11.3. The quantitative estimate of drug-likeness (QED) is 0.0234. The molecule has 3 atom stereocenters. The van der Waals surface area contributed by atoms with Crippen LogP contribution < -0.4 is 5.73 Å². The summed E-state index contributed by atoms with van der Waals surface area (Å²) in [4.78, 5) is 45.9. The first-order valence-corrected chi connectivity index (χ1v) is 22.8. The van der Waals surface area contributed by atoms with Gasteiger partial charge in [-0.15, -0.1) is 0 Å². The third kappa shape index (κ3) is 39.2. The summed E-state index contributed by atoms with van der Waals surface area (Å²) in [6.07, 6.45) is 50.6. The maximum Gasteiger partial charge on any atom is 0.472 e. The largest absolute Gasteiger partial charge is 0.480 e. The number of allylic oxidation sites excluding steroid dienone is 16. The van der Waals surface area contributed by atoms with Gasteiger partial charge in [0.15, 0.2) is 6.10 Å². The predicted molar refractivity (Wildman–Crippen MR) is 235 cm³/mol. The summed E-state index contributed by atoms with van der Waals surface area (Å²) in [7, 11) is -4.75. The number of carbonyl (C=O) groups excluding carboxylic acids is 2. The first-order valence-electron chi connectivity index (χ1n) is 21.3. The van der Waals surface area contributed by atoms with Crippen LogP contribution in [0.4, 0.5) is 0 Å². The van der Waals surface area contributed by atoms with Crippen LogP contribution in [0.1, 0.15) is 142 Å². The summed E-state index contributed by atoms with van der Waals surface area (Å²) in [5.41, 5.74) is 5.32. The number of hydrogen-bond acceptors (Lipinski definition) is 9. The van der Waals surface area contributed by atoms with Gasteiger partial charge in [-0.25, -0.2) is 4.57 Å². The molecule has 0 amide bonds. The maximum atomic E-state index is 12.6. The summed E-state index contributed by atoms with van der Waals surface area (Å²) in [5, 5.41) is 8.88. The van der Waals surface area contributed by atoms with Crippen LogP contribution in [0.25, 0.3) is 0 Å². The van der Waals surface area contributed by atoms with Crippen molar-refractivity contribution in [3.63, 3.8) is 0 Å². The lowest BCUT2D eigenvalue weighted by Gasteiger charge is -2.20. The second-order valence-electron chi connectivity index (χ2n) is 13.7. The standard InChI is InChI=1S/C46H74NO10P/c1-3-5-7-9-11-13-15-17-19-20-21-22-24-26-28-30-32-34-36-38-45(49)57-42(40-55-58(52,53)56-41-43(47)46(50)51)39-54-44(48)37-35-33-31-29-27-25-23-18-16-14-12-10-8-6-4-2/h5,7,11-14,17-19,21-23,26,28,32,34,42-43H,3-4,6,8-10,15-16,20,24-25,27,29-31,33,35-41,47H2,1-2H3,(H,50,51)(H,52,53)/b7-5-,13-11-,14-12-,19-17-,22-21-,23-18-,28-26-,34-32-/t42-,43+/m1/s1. The normalized spacial score (nSPS) is 14.7. The fourth-order valence-electron chi connectivity index (χ4n) is 5.00. The molecule has 11 nitrogen and oxygen atoms in total. The highest BCUT2D eigenvalue weighted by atomic mass is 31.2. The van der Waals surface area contributed by atoms with Gasteiger partial charge in [0, 0.05) is 12.8 Å². The topological polar surface area (TPSA) is 172 Å². The Bertz CT molecular complexity index is 1350. The molecule has 0 heterocycles. The van der Waals surface area contributed by atoms with E-state index in [4.69, 9.17) is 24.8 Å². The molecule has 0 aromatic carbocycles. The SMILES string of the molecule is CC/C=C\C/C=C\C/C=C\C/C=C\C/C=C\C/C=C\CCC(=O)O[C@H](COC(=O)CCCCCCC/C=C\C/C=C\CCCCC)COP(=O)(O)OC[C@H](N)C(=O)O. The number of carboxylic acid groups (broad SMARTS) is 1. The van der Waals surface area contributed by atoms with Crippen molar-refractivity contribution < 1.29 is 47.5 Å².